The molecule has 0 amide bonds. The van der Waals surface area contributed by atoms with Crippen LogP contribution in [0.25, 0.3) is 5.57 Å². The van der Waals surface area contributed by atoms with E-state index in [1.165, 1.54) is 12.7 Å². The number of hydrogen-bond acceptors (Lipinski definition) is 3. The van der Waals surface area contributed by atoms with Gasteiger partial charge in [-0.3, -0.25) is 0 Å². The van der Waals surface area contributed by atoms with Crippen molar-refractivity contribution in [1.29, 1.82) is 0 Å². The van der Waals surface area contributed by atoms with Crippen LogP contribution in [-0.2, 0) is 15.9 Å². The average molecular weight is 234 g/mol. The van der Waals surface area contributed by atoms with E-state index in [4.69, 9.17) is 4.74 Å². The maximum absolute atomic E-state index is 10.7. The summed E-state index contributed by atoms with van der Waals surface area (Å²) in [5, 5.41) is 0. The second kappa shape index (κ2) is 6.74. The second-order valence-electron chi connectivity index (χ2n) is 3.70. The van der Waals surface area contributed by atoms with Crippen LogP contribution in [0.4, 0.5) is 4.79 Å². The van der Waals surface area contributed by atoms with E-state index >= 15 is 0 Å². The molecule has 0 unspecified atom stereocenters. The predicted octanol–water partition coefficient (Wildman–Crippen LogP) is 3.44. The average Bonchev–Trinajstić information content (AvgIpc) is 2.38. The zero-order chi connectivity index (χ0) is 12.7. The van der Waals surface area contributed by atoms with Crippen molar-refractivity contribution in [3.05, 3.63) is 41.5 Å². The molecule has 0 radical (unpaired) electrons. The standard InChI is InChI=1S/C14H18O3/c1-4-12-5-7-13(8-6-12)11(2)9-10-17-14(15)16-3/h5-9H,4,10H2,1-3H3/b11-9+. The lowest BCUT2D eigenvalue weighted by molar-refractivity contribution is 0.0819. The molecule has 0 heterocycles. The Morgan fingerprint density at radius 1 is 1.29 bits per heavy atom. The lowest BCUT2D eigenvalue weighted by Gasteiger charge is -2.04. The third kappa shape index (κ3) is 4.31. The minimum atomic E-state index is -0.657. The van der Waals surface area contributed by atoms with Gasteiger partial charge in [0, 0.05) is 0 Å². The number of carbonyl (C=O) groups excluding carboxylic acids is 1. The summed E-state index contributed by atoms with van der Waals surface area (Å²) in [7, 11) is 1.29. The Morgan fingerprint density at radius 2 is 1.94 bits per heavy atom. The lowest BCUT2D eigenvalue weighted by Crippen LogP contribution is -2.03. The van der Waals surface area contributed by atoms with Gasteiger partial charge in [0.15, 0.2) is 0 Å². The minimum absolute atomic E-state index is 0.230. The molecule has 1 aromatic rings. The summed E-state index contributed by atoms with van der Waals surface area (Å²) < 4.78 is 9.17. The number of methoxy groups -OCH3 is 1. The summed E-state index contributed by atoms with van der Waals surface area (Å²) in [4.78, 5) is 10.7. The van der Waals surface area contributed by atoms with Crippen molar-refractivity contribution in [2.24, 2.45) is 0 Å². The van der Waals surface area contributed by atoms with Crippen LogP contribution >= 0.6 is 0 Å². The van der Waals surface area contributed by atoms with E-state index < -0.39 is 6.16 Å². The molecule has 0 bridgehead atoms. The Hall–Kier alpha value is -1.77. The van der Waals surface area contributed by atoms with Crippen LogP contribution in [0, 0.1) is 0 Å². The maximum Gasteiger partial charge on any atom is 0.508 e. The molecule has 17 heavy (non-hydrogen) atoms. The summed E-state index contributed by atoms with van der Waals surface area (Å²) in [6, 6.07) is 8.35. The van der Waals surface area contributed by atoms with E-state index in [2.05, 4.69) is 35.9 Å². The van der Waals surface area contributed by atoms with Crippen LogP contribution in [-0.4, -0.2) is 19.9 Å². The molecular weight excluding hydrogens is 216 g/mol. The summed E-state index contributed by atoms with van der Waals surface area (Å²) in [5.41, 5.74) is 3.53. The molecule has 0 fully saturated rings. The largest absolute Gasteiger partial charge is 0.508 e. The number of allylic oxidation sites excluding steroid dienone is 1. The van der Waals surface area contributed by atoms with E-state index in [9.17, 15) is 4.79 Å². The summed E-state index contributed by atoms with van der Waals surface area (Å²) >= 11 is 0. The van der Waals surface area contributed by atoms with Crippen molar-refractivity contribution in [3.63, 3.8) is 0 Å². The molecule has 0 aliphatic heterocycles. The van der Waals surface area contributed by atoms with Gasteiger partial charge in [-0.25, -0.2) is 4.79 Å². The fraction of sp³-hybridized carbons (Fsp3) is 0.357. The number of rotatable bonds is 4. The van der Waals surface area contributed by atoms with Crippen molar-refractivity contribution in [2.45, 2.75) is 20.3 Å². The molecule has 0 aromatic heterocycles. The summed E-state index contributed by atoms with van der Waals surface area (Å²) in [6.07, 6.45) is 2.24. The lowest BCUT2D eigenvalue weighted by atomic mass is 10.0. The molecule has 0 saturated heterocycles. The van der Waals surface area contributed by atoms with Gasteiger partial charge in [-0.15, -0.1) is 0 Å². The van der Waals surface area contributed by atoms with Crippen LogP contribution in [0.3, 0.4) is 0 Å². The van der Waals surface area contributed by atoms with Gasteiger partial charge in [0.25, 0.3) is 0 Å². The monoisotopic (exact) mass is 234 g/mol. The first-order chi connectivity index (χ1) is 8.17. The number of carbonyl (C=O) groups is 1. The predicted molar refractivity (Wildman–Crippen MR) is 67.8 cm³/mol. The van der Waals surface area contributed by atoms with Gasteiger partial charge in [-0.05, 0) is 36.1 Å². The summed E-state index contributed by atoms with van der Waals surface area (Å²) in [6.45, 7) is 4.34. The van der Waals surface area contributed by atoms with Crippen molar-refractivity contribution in [2.75, 3.05) is 13.7 Å². The van der Waals surface area contributed by atoms with Crippen LogP contribution < -0.4 is 0 Å². The van der Waals surface area contributed by atoms with Gasteiger partial charge in [0.05, 0.1) is 7.11 Å². The van der Waals surface area contributed by atoms with E-state index in [1.54, 1.807) is 0 Å². The first-order valence-electron chi connectivity index (χ1n) is 5.64. The third-order valence-corrected chi connectivity index (χ3v) is 2.57. The highest BCUT2D eigenvalue weighted by molar-refractivity contribution is 5.64. The molecule has 1 rings (SSSR count). The van der Waals surface area contributed by atoms with Crippen molar-refractivity contribution < 1.29 is 14.3 Å². The van der Waals surface area contributed by atoms with E-state index in [0.29, 0.717) is 0 Å². The molecule has 0 aliphatic rings. The van der Waals surface area contributed by atoms with Gasteiger partial charge in [-0.2, -0.15) is 0 Å². The molecule has 0 spiro atoms. The van der Waals surface area contributed by atoms with Gasteiger partial charge in [0.1, 0.15) is 6.61 Å². The number of aryl methyl sites for hydroxylation is 1. The van der Waals surface area contributed by atoms with Crippen molar-refractivity contribution >= 4 is 11.7 Å². The topological polar surface area (TPSA) is 35.5 Å². The molecule has 92 valence electrons. The smallest absolute Gasteiger partial charge is 0.438 e. The van der Waals surface area contributed by atoms with E-state index in [1.807, 2.05) is 13.0 Å². The van der Waals surface area contributed by atoms with Crippen LogP contribution in [0.5, 0.6) is 0 Å². The SMILES string of the molecule is CCc1ccc(/C(C)=C/COC(=O)OC)cc1. The van der Waals surface area contributed by atoms with Gasteiger partial charge >= 0.3 is 6.16 Å². The second-order valence-corrected chi connectivity index (χ2v) is 3.70. The zero-order valence-electron chi connectivity index (χ0n) is 10.5. The number of benzene rings is 1. The van der Waals surface area contributed by atoms with E-state index in [0.717, 1.165) is 17.6 Å². The Bertz CT molecular complexity index is 390. The Balaban J connectivity index is 2.58. The first-order valence-corrected chi connectivity index (χ1v) is 5.64. The van der Waals surface area contributed by atoms with Gasteiger partial charge in [-0.1, -0.05) is 31.2 Å². The Labute approximate surface area is 102 Å². The van der Waals surface area contributed by atoms with Crippen molar-refractivity contribution in [1.82, 2.24) is 0 Å². The summed E-state index contributed by atoms with van der Waals surface area (Å²) in [5.74, 6) is 0. The fourth-order valence-electron chi connectivity index (χ4n) is 1.41. The number of hydrogen-bond donors (Lipinski definition) is 0. The molecule has 3 nitrogen and oxygen atoms in total. The van der Waals surface area contributed by atoms with E-state index in [-0.39, 0.29) is 6.61 Å². The van der Waals surface area contributed by atoms with Crippen LogP contribution in [0.15, 0.2) is 30.3 Å². The fourth-order valence-corrected chi connectivity index (χ4v) is 1.41. The highest BCUT2D eigenvalue weighted by Gasteiger charge is 1.99. The highest BCUT2D eigenvalue weighted by atomic mass is 16.7. The Kier molecular flexibility index (Phi) is 5.27. The molecule has 0 aliphatic carbocycles. The number of ether oxygens (including phenoxy) is 2. The quantitative estimate of drug-likeness (QED) is 0.749. The molecule has 0 atom stereocenters. The zero-order valence-corrected chi connectivity index (χ0v) is 10.5. The van der Waals surface area contributed by atoms with Crippen LogP contribution in [0.1, 0.15) is 25.0 Å². The van der Waals surface area contributed by atoms with Crippen LogP contribution in [0.2, 0.25) is 0 Å². The first kappa shape index (κ1) is 13.3. The third-order valence-electron chi connectivity index (χ3n) is 2.57. The molecule has 0 N–H and O–H groups in total. The minimum Gasteiger partial charge on any atom is -0.438 e. The normalized spacial score (nSPS) is 11.1. The molecule has 0 saturated carbocycles. The highest BCUT2D eigenvalue weighted by Crippen LogP contribution is 2.14. The van der Waals surface area contributed by atoms with Crippen molar-refractivity contribution in [3.8, 4) is 0 Å². The van der Waals surface area contributed by atoms with Gasteiger partial charge in [0.2, 0.25) is 0 Å². The van der Waals surface area contributed by atoms with Gasteiger partial charge < -0.3 is 9.47 Å². The molecular formula is C14H18O3. The molecule has 3 heteroatoms. The molecule has 1 aromatic carbocycles. The maximum atomic E-state index is 10.7. The Morgan fingerprint density at radius 3 is 2.47 bits per heavy atom.